The van der Waals surface area contributed by atoms with Crippen molar-refractivity contribution in [2.24, 2.45) is 0 Å². The van der Waals surface area contributed by atoms with Gasteiger partial charge in [-0.15, -0.1) is 11.3 Å². The van der Waals surface area contributed by atoms with Crippen molar-refractivity contribution >= 4 is 34.5 Å². The number of rotatable bonds is 8. The van der Waals surface area contributed by atoms with Crippen molar-refractivity contribution < 1.29 is 19.1 Å². The van der Waals surface area contributed by atoms with E-state index in [1.807, 2.05) is 41.8 Å². The molecular weight excluding hydrogens is 388 g/mol. The van der Waals surface area contributed by atoms with Gasteiger partial charge in [0.25, 0.3) is 5.91 Å². The van der Waals surface area contributed by atoms with E-state index in [1.165, 1.54) is 6.92 Å². The van der Waals surface area contributed by atoms with E-state index in [0.717, 1.165) is 16.3 Å². The molecule has 0 fully saturated rings. The van der Waals surface area contributed by atoms with Crippen molar-refractivity contribution in [2.75, 3.05) is 23.9 Å². The second kappa shape index (κ2) is 9.75. The number of nitrogens with one attached hydrogen (secondary N) is 1. The predicted octanol–water partition coefficient (Wildman–Crippen LogP) is 4.33. The lowest BCUT2D eigenvalue weighted by atomic mass is 10.2. The minimum Gasteiger partial charge on any atom is -0.497 e. The smallest absolute Gasteiger partial charge is 0.265 e. The highest BCUT2D eigenvalue weighted by atomic mass is 32.1. The van der Waals surface area contributed by atoms with E-state index in [-0.39, 0.29) is 18.4 Å². The number of ether oxygens (including phenoxy) is 2. The Labute approximate surface area is 173 Å². The highest BCUT2D eigenvalue weighted by Crippen LogP contribution is 2.23. The second-order valence-corrected chi connectivity index (χ2v) is 7.28. The number of amides is 2. The minimum atomic E-state index is -0.158. The first-order valence-corrected chi connectivity index (χ1v) is 9.90. The van der Waals surface area contributed by atoms with Gasteiger partial charge in [0.05, 0.1) is 13.7 Å². The van der Waals surface area contributed by atoms with Crippen LogP contribution in [0.1, 0.15) is 11.8 Å². The number of hydrogen-bond donors (Lipinski definition) is 1. The SMILES string of the molecule is COc1ccc(N(Cc2cccs2)C(=O)COc2ccc(NC(C)=O)cc2)cc1. The minimum absolute atomic E-state index is 0.100. The summed E-state index contributed by atoms with van der Waals surface area (Å²) in [4.78, 5) is 26.8. The maximum absolute atomic E-state index is 12.9. The molecule has 0 saturated heterocycles. The number of hydrogen-bond acceptors (Lipinski definition) is 5. The molecule has 1 heterocycles. The van der Waals surface area contributed by atoms with Crippen LogP contribution in [0, 0.1) is 0 Å². The molecule has 0 radical (unpaired) electrons. The Morgan fingerprint density at radius 3 is 2.28 bits per heavy atom. The summed E-state index contributed by atoms with van der Waals surface area (Å²) in [5.74, 6) is 0.984. The van der Waals surface area contributed by atoms with Gasteiger partial charge in [-0.3, -0.25) is 9.59 Å². The molecular formula is C22H22N2O4S. The quantitative estimate of drug-likeness (QED) is 0.600. The first kappa shape index (κ1) is 20.4. The fourth-order valence-electron chi connectivity index (χ4n) is 2.70. The third-order valence-corrected chi connectivity index (χ3v) is 4.98. The third-order valence-electron chi connectivity index (χ3n) is 4.12. The van der Waals surface area contributed by atoms with Crippen LogP contribution in [0.25, 0.3) is 0 Å². The molecule has 2 aromatic carbocycles. The Bertz CT molecular complexity index is 938. The van der Waals surface area contributed by atoms with Gasteiger partial charge in [-0.25, -0.2) is 0 Å². The van der Waals surface area contributed by atoms with E-state index in [1.54, 1.807) is 47.6 Å². The molecule has 0 spiro atoms. The van der Waals surface area contributed by atoms with Gasteiger partial charge < -0.3 is 19.7 Å². The molecule has 29 heavy (non-hydrogen) atoms. The summed E-state index contributed by atoms with van der Waals surface area (Å²) in [5.41, 5.74) is 1.45. The van der Waals surface area contributed by atoms with Crippen LogP contribution >= 0.6 is 11.3 Å². The lowest BCUT2D eigenvalue weighted by Crippen LogP contribution is -2.34. The van der Waals surface area contributed by atoms with E-state index in [0.29, 0.717) is 18.0 Å². The van der Waals surface area contributed by atoms with Crippen LogP contribution in [0.5, 0.6) is 11.5 Å². The molecule has 0 saturated carbocycles. The van der Waals surface area contributed by atoms with Crippen LogP contribution in [0.15, 0.2) is 66.0 Å². The van der Waals surface area contributed by atoms with Crippen molar-refractivity contribution in [1.82, 2.24) is 0 Å². The van der Waals surface area contributed by atoms with Crippen molar-refractivity contribution in [3.05, 3.63) is 70.9 Å². The van der Waals surface area contributed by atoms with Gasteiger partial charge in [-0.1, -0.05) is 6.07 Å². The molecule has 0 aliphatic heterocycles. The maximum Gasteiger partial charge on any atom is 0.265 e. The van der Waals surface area contributed by atoms with Crippen LogP contribution < -0.4 is 19.7 Å². The molecule has 0 atom stereocenters. The number of methoxy groups -OCH3 is 1. The van der Waals surface area contributed by atoms with Gasteiger partial charge in [0.1, 0.15) is 11.5 Å². The molecule has 0 unspecified atom stereocenters. The highest BCUT2D eigenvalue weighted by Gasteiger charge is 2.18. The summed E-state index contributed by atoms with van der Waals surface area (Å²) in [5, 5.41) is 4.68. The third kappa shape index (κ3) is 5.83. The highest BCUT2D eigenvalue weighted by molar-refractivity contribution is 7.09. The zero-order valence-corrected chi connectivity index (χ0v) is 17.1. The Morgan fingerprint density at radius 1 is 1.00 bits per heavy atom. The number of carbonyl (C=O) groups is 2. The lowest BCUT2D eigenvalue weighted by molar-refractivity contribution is -0.120. The topological polar surface area (TPSA) is 67.9 Å². The van der Waals surface area contributed by atoms with Crippen molar-refractivity contribution in [1.29, 1.82) is 0 Å². The average molecular weight is 410 g/mol. The first-order chi connectivity index (χ1) is 14.0. The van der Waals surface area contributed by atoms with E-state index < -0.39 is 0 Å². The summed E-state index contributed by atoms with van der Waals surface area (Å²) in [7, 11) is 1.61. The molecule has 2 amide bonds. The van der Waals surface area contributed by atoms with Gasteiger partial charge in [-0.2, -0.15) is 0 Å². The monoisotopic (exact) mass is 410 g/mol. The fraction of sp³-hybridized carbons (Fsp3) is 0.182. The number of carbonyl (C=O) groups excluding carboxylic acids is 2. The Balaban J connectivity index is 1.69. The maximum atomic E-state index is 12.9. The number of anilines is 2. The van der Waals surface area contributed by atoms with Gasteiger partial charge in [0.15, 0.2) is 6.61 Å². The normalized spacial score (nSPS) is 10.3. The lowest BCUT2D eigenvalue weighted by Gasteiger charge is -2.22. The molecule has 6 nitrogen and oxygen atoms in total. The zero-order chi connectivity index (χ0) is 20.6. The van der Waals surface area contributed by atoms with Gasteiger partial charge in [0.2, 0.25) is 5.91 Å². The van der Waals surface area contributed by atoms with Crippen molar-refractivity contribution in [2.45, 2.75) is 13.5 Å². The molecule has 3 rings (SSSR count). The van der Waals surface area contributed by atoms with E-state index in [4.69, 9.17) is 9.47 Å². The standard InChI is InChI=1S/C22H22N2O4S/c1-16(25)23-17-5-9-20(10-6-17)28-15-22(26)24(14-21-4-3-13-29-21)18-7-11-19(27-2)12-8-18/h3-13H,14-15H2,1-2H3,(H,23,25). The largest absolute Gasteiger partial charge is 0.497 e. The molecule has 0 aliphatic carbocycles. The Hall–Kier alpha value is -3.32. The summed E-state index contributed by atoms with van der Waals surface area (Å²) in [6.07, 6.45) is 0. The average Bonchev–Trinajstić information content (AvgIpc) is 3.24. The van der Waals surface area contributed by atoms with Gasteiger partial charge >= 0.3 is 0 Å². The van der Waals surface area contributed by atoms with Crippen molar-refractivity contribution in [3.8, 4) is 11.5 Å². The molecule has 1 aromatic heterocycles. The zero-order valence-electron chi connectivity index (χ0n) is 16.3. The van der Waals surface area contributed by atoms with Crippen LogP contribution in [0.3, 0.4) is 0 Å². The molecule has 3 aromatic rings. The van der Waals surface area contributed by atoms with Gasteiger partial charge in [0, 0.05) is 23.2 Å². The summed E-state index contributed by atoms with van der Waals surface area (Å²) < 4.78 is 10.9. The summed E-state index contributed by atoms with van der Waals surface area (Å²) in [6, 6.07) is 18.2. The summed E-state index contributed by atoms with van der Waals surface area (Å²) >= 11 is 1.60. The number of thiophene rings is 1. The van der Waals surface area contributed by atoms with Crippen LogP contribution in [0.4, 0.5) is 11.4 Å². The Kier molecular flexibility index (Phi) is 6.86. The molecule has 1 N–H and O–H groups in total. The molecule has 7 heteroatoms. The van der Waals surface area contributed by atoms with E-state index in [2.05, 4.69) is 5.32 Å². The van der Waals surface area contributed by atoms with E-state index >= 15 is 0 Å². The van der Waals surface area contributed by atoms with Crippen LogP contribution in [0.2, 0.25) is 0 Å². The first-order valence-electron chi connectivity index (χ1n) is 9.02. The van der Waals surface area contributed by atoms with Gasteiger partial charge in [-0.05, 0) is 60.0 Å². The number of benzene rings is 2. The second-order valence-electron chi connectivity index (χ2n) is 6.25. The van der Waals surface area contributed by atoms with Crippen LogP contribution in [-0.4, -0.2) is 25.5 Å². The molecule has 150 valence electrons. The van der Waals surface area contributed by atoms with Crippen LogP contribution in [-0.2, 0) is 16.1 Å². The summed E-state index contributed by atoms with van der Waals surface area (Å²) in [6.45, 7) is 1.81. The number of nitrogens with zero attached hydrogens (tertiary/aromatic N) is 1. The molecule has 0 aliphatic rings. The predicted molar refractivity (Wildman–Crippen MR) is 115 cm³/mol. The van der Waals surface area contributed by atoms with E-state index in [9.17, 15) is 9.59 Å². The van der Waals surface area contributed by atoms with Crippen molar-refractivity contribution in [3.63, 3.8) is 0 Å². The Morgan fingerprint density at radius 2 is 1.69 bits per heavy atom. The molecule has 0 bridgehead atoms. The fourth-order valence-corrected chi connectivity index (χ4v) is 3.40.